The molecule has 1 fully saturated rings. The molecule has 0 saturated heterocycles. The zero-order valence-corrected chi connectivity index (χ0v) is 20.7. The van der Waals surface area contributed by atoms with E-state index in [9.17, 15) is 18.4 Å². The monoisotopic (exact) mass is 484 g/mol. The van der Waals surface area contributed by atoms with Crippen molar-refractivity contribution in [1.29, 1.82) is 0 Å². The Bertz CT molecular complexity index is 1400. The summed E-state index contributed by atoms with van der Waals surface area (Å²) in [5.74, 6) is -2.75. The lowest BCUT2D eigenvalue weighted by Gasteiger charge is -2.31. The zero-order valence-electron chi connectivity index (χ0n) is 20.7. The molecule has 1 aromatic carbocycles. The minimum atomic E-state index is -2.75. The molecule has 0 unspecified atom stereocenters. The van der Waals surface area contributed by atoms with E-state index in [0.29, 0.717) is 29.9 Å². The van der Waals surface area contributed by atoms with Gasteiger partial charge in [0.1, 0.15) is 5.60 Å². The molecule has 0 spiro atoms. The van der Waals surface area contributed by atoms with E-state index < -0.39 is 16.9 Å². The number of nitrogens with zero attached hydrogens (tertiary/aromatic N) is 4. The van der Waals surface area contributed by atoms with Gasteiger partial charge in [0.25, 0.3) is 5.92 Å². The number of fused-ring (bicyclic) bond motifs is 2. The lowest BCUT2D eigenvalue weighted by molar-refractivity contribution is 0.0224. The fourth-order valence-electron chi connectivity index (χ4n) is 4.75. The number of hydrogen-bond donors (Lipinski definition) is 0. The van der Waals surface area contributed by atoms with Crippen LogP contribution in [0.2, 0.25) is 0 Å². The molecule has 1 saturated carbocycles. The number of alkyl halides is 2. The first-order valence-electron chi connectivity index (χ1n) is 11.8. The summed E-state index contributed by atoms with van der Waals surface area (Å²) in [5.41, 5.74) is 2.60. The van der Waals surface area contributed by atoms with Crippen molar-refractivity contribution in [3.63, 3.8) is 0 Å². The van der Waals surface area contributed by atoms with Crippen LogP contribution in [0, 0.1) is 5.41 Å². The highest BCUT2D eigenvalue weighted by molar-refractivity contribution is 5.77. The van der Waals surface area contributed by atoms with Crippen molar-refractivity contribution < 1.29 is 18.3 Å². The lowest BCUT2D eigenvalue weighted by Crippen LogP contribution is -2.39. The van der Waals surface area contributed by atoms with Crippen molar-refractivity contribution in [2.45, 2.75) is 65.1 Å². The molecule has 5 rings (SSSR count). The summed E-state index contributed by atoms with van der Waals surface area (Å²) in [6.07, 6.45) is 0.186. The molecule has 1 aliphatic heterocycles. The Hall–Kier alpha value is -3.23. The van der Waals surface area contributed by atoms with E-state index in [1.165, 1.54) is 21.6 Å². The summed E-state index contributed by atoms with van der Waals surface area (Å²) in [4.78, 5) is 31.8. The van der Waals surface area contributed by atoms with Crippen molar-refractivity contribution >= 4 is 17.3 Å². The fourth-order valence-corrected chi connectivity index (χ4v) is 4.75. The van der Waals surface area contributed by atoms with Gasteiger partial charge >= 0.3 is 11.8 Å². The third kappa shape index (κ3) is 4.10. The number of halogens is 2. The summed E-state index contributed by atoms with van der Waals surface area (Å²) < 4.78 is 36.0. The molecule has 0 bridgehead atoms. The van der Waals surface area contributed by atoms with Crippen LogP contribution in [0.15, 0.2) is 35.1 Å². The van der Waals surface area contributed by atoms with E-state index in [1.807, 2.05) is 45.0 Å². The average Bonchev–Trinajstić information content (AvgIpc) is 3.20. The largest absolute Gasteiger partial charge is 0.444 e. The van der Waals surface area contributed by atoms with Crippen LogP contribution in [0.4, 0.5) is 13.6 Å². The van der Waals surface area contributed by atoms with Gasteiger partial charge < -0.3 is 9.64 Å². The highest BCUT2D eigenvalue weighted by Gasteiger charge is 2.68. The normalized spacial score (nSPS) is 21.2. The standard InChI is InChI=1S/C26H30F2N4O3/c1-24(2,3)35-23(34)31-11-10-16-6-7-17(12-18(16)13-31)19-8-9-20-21(29-19)30(5)22(33)32(20)15-25(4)14-26(25,27)28/h6-9,12H,10-11,13-15H2,1-5H3/t25-/m1/s1. The Morgan fingerprint density at radius 2 is 1.89 bits per heavy atom. The Morgan fingerprint density at radius 1 is 1.17 bits per heavy atom. The molecular formula is C26H30F2N4O3. The van der Waals surface area contributed by atoms with Crippen LogP contribution in [0.5, 0.6) is 0 Å². The van der Waals surface area contributed by atoms with Crippen LogP contribution < -0.4 is 5.69 Å². The Labute approximate surface area is 202 Å². The summed E-state index contributed by atoms with van der Waals surface area (Å²) in [7, 11) is 1.61. The molecule has 186 valence electrons. The molecule has 1 amide bonds. The molecule has 3 heterocycles. The molecule has 9 heteroatoms. The molecule has 3 aromatic rings. The zero-order chi connectivity index (χ0) is 25.3. The van der Waals surface area contributed by atoms with Crippen LogP contribution >= 0.6 is 0 Å². The summed E-state index contributed by atoms with van der Waals surface area (Å²) in [6.45, 7) is 8.05. The van der Waals surface area contributed by atoms with E-state index in [-0.39, 0.29) is 24.7 Å². The summed E-state index contributed by atoms with van der Waals surface area (Å²) in [5, 5.41) is 0. The van der Waals surface area contributed by atoms with E-state index in [1.54, 1.807) is 18.0 Å². The second-order valence-electron chi connectivity index (χ2n) is 11.0. The number of rotatable bonds is 3. The summed E-state index contributed by atoms with van der Waals surface area (Å²) >= 11 is 0. The maximum atomic E-state index is 13.8. The number of carbonyl (C=O) groups excluding carboxylic acids is 1. The third-order valence-corrected chi connectivity index (χ3v) is 7.02. The quantitative estimate of drug-likeness (QED) is 0.539. The van der Waals surface area contributed by atoms with Gasteiger partial charge in [-0.1, -0.05) is 19.1 Å². The number of amides is 1. The molecule has 0 radical (unpaired) electrons. The van der Waals surface area contributed by atoms with Crippen molar-refractivity contribution in [2.75, 3.05) is 6.54 Å². The van der Waals surface area contributed by atoms with Gasteiger partial charge in [-0.3, -0.25) is 9.13 Å². The predicted octanol–water partition coefficient (Wildman–Crippen LogP) is 4.74. The number of aryl methyl sites for hydroxylation is 1. The van der Waals surface area contributed by atoms with Gasteiger partial charge in [-0.2, -0.15) is 0 Å². The van der Waals surface area contributed by atoms with Gasteiger partial charge in [-0.25, -0.2) is 23.4 Å². The summed E-state index contributed by atoms with van der Waals surface area (Å²) in [6, 6.07) is 9.62. The first-order chi connectivity index (χ1) is 16.3. The first-order valence-corrected chi connectivity index (χ1v) is 11.8. The number of hydrogen-bond acceptors (Lipinski definition) is 4. The number of aromatic nitrogens is 3. The third-order valence-electron chi connectivity index (χ3n) is 7.02. The van der Waals surface area contributed by atoms with E-state index >= 15 is 0 Å². The van der Waals surface area contributed by atoms with Crippen LogP contribution in [-0.4, -0.2) is 43.2 Å². The second-order valence-corrected chi connectivity index (χ2v) is 11.0. The molecule has 0 N–H and O–H groups in total. The highest BCUT2D eigenvalue weighted by atomic mass is 19.3. The van der Waals surface area contributed by atoms with Gasteiger partial charge in [-0.05, 0) is 56.5 Å². The molecule has 35 heavy (non-hydrogen) atoms. The van der Waals surface area contributed by atoms with Crippen LogP contribution in [0.3, 0.4) is 0 Å². The van der Waals surface area contributed by atoms with Gasteiger partial charge in [0.2, 0.25) is 0 Å². The highest BCUT2D eigenvalue weighted by Crippen LogP contribution is 2.61. The minimum Gasteiger partial charge on any atom is -0.444 e. The number of pyridine rings is 1. The molecule has 2 aromatic heterocycles. The second kappa shape index (κ2) is 7.63. The molecule has 2 aliphatic rings. The topological polar surface area (TPSA) is 69.4 Å². The fraction of sp³-hybridized carbons (Fsp3) is 0.500. The van der Waals surface area contributed by atoms with E-state index in [0.717, 1.165) is 17.5 Å². The van der Waals surface area contributed by atoms with E-state index in [4.69, 9.17) is 9.72 Å². The molecule has 7 nitrogen and oxygen atoms in total. The predicted molar refractivity (Wildman–Crippen MR) is 128 cm³/mol. The molecule has 1 aliphatic carbocycles. The van der Waals surface area contributed by atoms with Crippen LogP contribution in [0.1, 0.15) is 45.2 Å². The van der Waals surface area contributed by atoms with Gasteiger partial charge in [0.15, 0.2) is 5.65 Å². The maximum Gasteiger partial charge on any atom is 0.410 e. The molecule has 1 atom stereocenters. The van der Waals surface area contributed by atoms with Crippen molar-refractivity contribution in [3.05, 3.63) is 51.9 Å². The Balaban J connectivity index is 1.45. The Morgan fingerprint density at radius 3 is 2.54 bits per heavy atom. The molecular weight excluding hydrogens is 454 g/mol. The lowest BCUT2D eigenvalue weighted by atomic mass is 9.96. The smallest absolute Gasteiger partial charge is 0.410 e. The van der Waals surface area contributed by atoms with Crippen LogP contribution in [0.25, 0.3) is 22.4 Å². The van der Waals surface area contributed by atoms with Crippen molar-refractivity contribution in [2.24, 2.45) is 12.5 Å². The van der Waals surface area contributed by atoms with Gasteiger partial charge in [-0.15, -0.1) is 0 Å². The van der Waals surface area contributed by atoms with Crippen molar-refractivity contribution in [1.82, 2.24) is 19.0 Å². The minimum absolute atomic E-state index is 0.0451. The maximum absolute atomic E-state index is 13.8. The first kappa shape index (κ1) is 23.5. The van der Waals surface area contributed by atoms with Crippen LogP contribution in [-0.2, 0) is 31.3 Å². The number of carbonyl (C=O) groups is 1. The van der Waals surface area contributed by atoms with E-state index in [2.05, 4.69) is 0 Å². The number of imidazole rings is 1. The number of ether oxygens (including phenoxy) is 1. The van der Waals surface area contributed by atoms with Crippen molar-refractivity contribution in [3.8, 4) is 11.3 Å². The van der Waals surface area contributed by atoms with Gasteiger partial charge in [0.05, 0.1) is 16.6 Å². The Kier molecular flexibility index (Phi) is 5.13. The SMILES string of the molecule is Cn1c(=O)n(C[C@@]2(C)CC2(F)F)c2ccc(-c3ccc4c(c3)CN(C(=O)OC(C)(C)C)CC4)nc21. The number of benzene rings is 1. The van der Waals surface area contributed by atoms with Gasteiger partial charge in [0, 0.05) is 38.7 Å². The average molecular weight is 485 g/mol.